The van der Waals surface area contributed by atoms with E-state index in [1.165, 1.54) is 44.2 Å². The second-order valence-corrected chi connectivity index (χ2v) is 9.61. The lowest BCUT2D eigenvalue weighted by Crippen LogP contribution is -2.48. The minimum absolute atomic E-state index is 0.300. The van der Waals surface area contributed by atoms with Crippen molar-refractivity contribution in [2.24, 2.45) is 24.8 Å². The fourth-order valence-electron chi connectivity index (χ4n) is 6.12. The van der Waals surface area contributed by atoms with E-state index in [-0.39, 0.29) is 0 Å². The predicted octanol–water partition coefficient (Wildman–Crippen LogP) is 4.72. The van der Waals surface area contributed by atoms with Gasteiger partial charge in [0.25, 0.3) is 0 Å². The normalized spacial score (nSPS) is 32.8. The molecule has 0 N–H and O–H groups in total. The number of hydrogen-bond acceptors (Lipinski definition) is 4. The Morgan fingerprint density at radius 3 is 2.46 bits per heavy atom. The first-order valence-electron chi connectivity index (χ1n) is 9.63. The SMILES string of the molecule is Cc1nn(C)cc1/C=C(\C#N)c1nc(C23CC4CC(CC(C4)C2)C3)cs1. The van der Waals surface area contributed by atoms with Crippen LogP contribution in [0.3, 0.4) is 0 Å². The standard InChI is InChI=1S/C21H24N4S/c1-13-18(11-25(2)24-13)6-17(10-22)20-23-19(12-26-20)21-7-14-3-15(8-21)5-16(4-14)9-21/h6,11-12,14-16H,3-5,7-9H2,1-2H3/b17-6+. The zero-order chi connectivity index (χ0) is 17.9. The monoisotopic (exact) mass is 364 g/mol. The van der Waals surface area contributed by atoms with Gasteiger partial charge in [-0.25, -0.2) is 4.98 Å². The summed E-state index contributed by atoms with van der Waals surface area (Å²) >= 11 is 1.63. The fraction of sp³-hybridized carbons (Fsp3) is 0.571. The van der Waals surface area contributed by atoms with E-state index < -0.39 is 0 Å². The summed E-state index contributed by atoms with van der Waals surface area (Å²) in [6.07, 6.45) is 12.2. The Bertz CT molecular complexity index is 891. The molecule has 2 heterocycles. The van der Waals surface area contributed by atoms with Crippen LogP contribution >= 0.6 is 11.3 Å². The maximum atomic E-state index is 9.70. The van der Waals surface area contributed by atoms with Crippen molar-refractivity contribution >= 4 is 23.0 Å². The van der Waals surface area contributed by atoms with Crippen LogP contribution in [0.15, 0.2) is 11.6 Å². The summed E-state index contributed by atoms with van der Waals surface area (Å²) in [6.45, 7) is 1.98. The highest BCUT2D eigenvalue weighted by Gasteiger charge is 2.52. The molecule has 5 heteroatoms. The summed E-state index contributed by atoms with van der Waals surface area (Å²) in [5.74, 6) is 2.74. The first-order chi connectivity index (χ1) is 12.5. The van der Waals surface area contributed by atoms with Crippen molar-refractivity contribution in [2.75, 3.05) is 0 Å². The molecule has 0 unspecified atom stereocenters. The van der Waals surface area contributed by atoms with E-state index in [2.05, 4.69) is 16.5 Å². The molecule has 4 bridgehead atoms. The van der Waals surface area contributed by atoms with Crippen LogP contribution in [0.4, 0.5) is 0 Å². The van der Waals surface area contributed by atoms with Crippen LogP contribution in [-0.4, -0.2) is 14.8 Å². The van der Waals surface area contributed by atoms with Gasteiger partial charge in [0, 0.05) is 29.6 Å². The highest BCUT2D eigenvalue weighted by Crippen LogP contribution is 2.60. The molecule has 0 saturated heterocycles. The summed E-state index contributed by atoms with van der Waals surface area (Å²) in [4.78, 5) is 5.00. The highest BCUT2D eigenvalue weighted by molar-refractivity contribution is 7.11. The summed E-state index contributed by atoms with van der Waals surface area (Å²) < 4.78 is 1.79. The Morgan fingerprint density at radius 2 is 1.92 bits per heavy atom. The molecular weight excluding hydrogens is 340 g/mol. The van der Waals surface area contributed by atoms with Crippen LogP contribution in [0.2, 0.25) is 0 Å². The maximum absolute atomic E-state index is 9.70. The van der Waals surface area contributed by atoms with Gasteiger partial charge < -0.3 is 0 Å². The molecular formula is C21H24N4S. The number of allylic oxidation sites excluding steroid dienone is 1. The van der Waals surface area contributed by atoms with Crippen molar-refractivity contribution in [2.45, 2.75) is 50.9 Å². The quantitative estimate of drug-likeness (QED) is 0.741. The van der Waals surface area contributed by atoms with E-state index >= 15 is 0 Å². The minimum Gasteiger partial charge on any atom is -0.275 e. The number of hydrogen-bond donors (Lipinski definition) is 0. The average molecular weight is 365 g/mol. The van der Waals surface area contributed by atoms with Crippen molar-refractivity contribution in [1.29, 1.82) is 5.26 Å². The van der Waals surface area contributed by atoms with Crippen LogP contribution in [0, 0.1) is 36.0 Å². The van der Waals surface area contributed by atoms with Crippen LogP contribution in [0.1, 0.15) is 60.5 Å². The van der Waals surface area contributed by atoms with Gasteiger partial charge in [-0.15, -0.1) is 11.3 Å². The van der Waals surface area contributed by atoms with E-state index in [0.717, 1.165) is 34.0 Å². The molecule has 4 aliphatic carbocycles. The zero-order valence-corrected chi connectivity index (χ0v) is 16.2. The molecule has 0 radical (unpaired) electrons. The van der Waals surface area contributed by atoms with Crippen molar-refractivity contribution in [3.8, 4) is 6.07 Å². The topological polar surface area (TPSA) is 54.5 Å². The predicted molar refractivity (Wildman–Crippen MR) is 103 cm³/mol. The first-order valence-corrected chi connectivity index (χ1v) is 10.5. The first kappa shape index (κ1) is 16.3. The average Bonchev–Trinajstić information content (AvgIpc) is 3.18. The van der Waals surface area contributed by atoms with Gasteiger partial charge in [-0.1, -0.05) is 0 Å². The molecule has 4 saturated carbocycles. The lowest BCUT2D eigenvalue weighted by Gasteiger charge is -2.56. The Kier molecular flexibility index (Phi) is 3.62. The molecule has 0 aromatic carbocycles. The van der Waals surface area contributed by atoms with Crippen molar-refractivity contribution < 1.29 is 0 Å². The number of thiazole rings is 1. The lowest BCUT2D eigenvalue weighted by molar-refractivity contribution is -0.00694. The summed E-state index contributed by atoms with van der Waals surface area (Å²) in [5.41, 5.74) is 4.16. The molecule has 26 heavy (non-hydrogen) atoms. The second-order valence-electron chi connectivity index (χ2n) is 8.75. The van der Waals surface area contributed by atoms with Crippen LogP contribution < -0.4 is 0 Å². The van der Waals surface area contributed by atoms with Gasteiger partial charge in [-0.2, -0.15) is 10.4 Å². The molecule has 6 rings (SSSR count). The summed E-state index contributed by atoms with van der Waals surface area (Å²) in [7, 11) is 1.91. The van der Waals surface area contributed by atoms with Crippen LogP contribution in [-0.2, 0) is 12.5 Å². The summed E-state index contributed by atoms with van der Waals surface area (Å²) in [5, 5.41) is 17.2. The molecule has 134 valence electrons. The van der Waals surface area contributed by atoms with E-state index in [9.17, 15) is 5.26 Å². The Balaban J connectivity index is 1.48. The Hall–Kier alpha value is -1.93. The molecule has 0 atom stereocenters. The molecule has 2 aromatic heterocycles. The lowest BCUT2D eigenvalue weighted by atomic mass is 9.49. The molecule has 4 nitrogen and oxygen atoms in total. The third kappa shape index (κ3) is 2.54. The zero-order valence-electron chi connectivity index (χ0n) is 15.4. The van der Waals surface area contributed by atoms with Crippen LogP contribution in [0.25, 0.3) is 11.6 Å². The van der Waals surface area contributed by atoms with Gasteiger partial charge in [0.05, 0.1) is 17.0 Å². The van der Waals surface area contributed by atoms with E-state index in [0.29, 0.717) is 11.0 Å². The van der Waals surface area contributed by atoms with Gasteiger partial charge in [-0.05, 0) is 69.3 Å². The highest BCUT2D eigenvalue weighted by atomic mass is 32.1. The molecule has 0 spiro atoms. The van der Waals surface area contributed by atoms with Gasteiger partial charge in [0.15, 0.2) is 0 Å². The Morgan fingerprint density at radius 1 is 1.27 bits per heavy atom. The second kappa shape index (κ2) is 5.79. The third-order valence-electron chi connectivity index (χ3n) is 6.79. The number of nitrogens with zero attached hydrogens (tertiary/aromatic N) is 4. The number of aryl methyl sites for hydroxylation is 2. The number of nitriles is 1. The van der Waals surface area contributed by atoms with Gasteiger partial charge in [0.1, 0.15) is 11.1 Å². The minimum atomic E-state index is 0.300. The third-order valence-corrected chi connectivity index (χ3v) is 7.66. The summed E-state index contributed by atoms with van der Waals surface area (Å²) in [6, 6.07) is 2.36. The van der Waals surface area contributed by atoms with Gasteiger partial charge in [-0.3, -0.25) is 4.68 Å². The van der Waals surface area contributed by atoms with Gasteiger partial charge in [0.2, 0.25) is 0 Å². The van der Waals surface area contributed by atoms with E-state index in [1.807, 2.05) is 26.2 Å². The molecule has 4 aliphatic rings. The molecule has 2 aromatic rings. The fourth-order valence-corrected chi connectivity index (χ4v) is 7.03. The van der Waals surface area contributed by atoms with Crippen molar-refractivity contribution in [3.05, 3.63) is 33.5 Å². The molecule has 0 amide bonds. The van der Waals surface area contributed by atoms with Gasteiger partial charge >= 0.3 is 0 Å². The number of rotatable bonds is 3. The smallest absolute Gasteiger partial charge is 0.134 e. The van der Waals surface area contributed by atoms with Crippen molar-refractivity contribution in [1.82, 2.24) is 14.8 Å². The molecule has 0 aliphatic heterocycles. The molecule has 4 fully saturated rings. The van der Waals surface area contributed by atoms with Crippen molar-refractivity contribution in [3.63, 3.8) is 0 Å². The maximum Gasteiger partial charge on any atom is 0.134 e. The largest absolute Gasteiger partial charge is 0.275 e. The van der Waals surface area contributed by atoms with Crippen LogP contribution in [0.5, 0.6) is 0 Å². The van der Waals surface area contributed by atoms with E-state index in [1.54, 1.807) is 16.0 Å². The van der Waals surface area contributed by atoms with E-state index in [4.69, 9.17) is 4.98 Å². The Labute approximate surface area is 158 Å². The number of aromatic nitrogens is 3.